The second-order valence-electron chi connectivity index (χ2n) is 4.59. The fraction of sp³-hybridized carbons (Fsp3) is 0.462. The molecule has 0 bridgehead atoms. The van der Waals surface area contributed by atoms with Crippen LogP contribution in [0.15, 0.2) is 18.2 Å². The first-order valence-corrected chi connectivity index (χ1v) is 6.38. The zero-order chi connectivity index (χ0) is 13.1. The normalized spacial score (nSPS) is 19.3. The van der Waals surface area contributed by atoms with E-state index in [0.29, 0.717) is 24.0 Å². The van der Waals surface area contributed by atoms with Crippen molar-refractivity contribution in [3.63, 3.8) is 0 Å². The summed E-state index contributed by atoms with van der Waals surface area (Å²) in [6.45, 7) is 2.25. The predicted molar refractivity (Wildman–Crippen MR) is 69.3 cm³/mol. The fourth-order valence-corrected chi connectivity index (χ4v) is 2.46. The van der Waals surface area contributed by atoms with Gasteiger partial charge in [-0.25, -0.2) is 4.39 Å². The van der Waals surface area contributed by atoms with Crippen LogP contribution in [0.2, 0.25) is 5.02 Å². The van der Waals surface area contributed by atoms with Crippen molar-refractivity contribution in [2.24, 2.45) is 5.92 Å². The van der Waals surface area contributed by atoms with Gasteiger partial charge in [0, 0.05) is 18.1 Å². The monoisotopic (exact) mass is 270 g/mol. The number of rotatable bonds is 3. The zero-order valence-electron chi connectivity index (χ0n) is 10.2. The molecule has 18 heavy (non-hydrogen) atoms. The maximum atomic E-state index is 13.7. The summed E-state index contributed by atoms with van der Waals surface area (Å²) in [6.07, 6.45) is 0.960. The van der Waals surface area contributed by atoms with E-state index in [1.807, 2.05) is 7.05 Å². The summed E-state index contributed by atoms with van der Waals surface area (Å²) < 4.78 is 13.7. The first kappa shape index (κ1) is 13.3. The Balaban J connectivity index is 2.08. The Morgan fingerprint density at radius 3 is 3.06 bits per heavy atom. The molecule has 1 fully saturated rings. The predicted octanol–water partition coefficient (Wildman–Crippen LogP) is 2.16. The molecule has 1 atom stereocenters. The number of halogens is 2. The van der Waals surface area contributed by atoms with E-state index in [0.717, 1.165) is 13.0 Å². The molecule has 1 aromatic rings. The third-order valence-electron chi connectivity index (χ3n) is 3.23. The van der Waals surface area contributed by atoms with Gasteiger partial charge in [-0.3, -0.25) is 4.79 Å². The van der Waals surface area contributed by atoms with Gasteiger partial charge >= 0.3 is 0 Å². The van der Waals surface area contributed by atoms with Crippen LogP contribution in [0.4, 0.5) is 4.39 Å². The van der Waals surface area contributed by atoms with Crippen LogP contribution >= 0.6 is 11.6 Å². The smallest absolute Gasteiger partial charge is 0.256 e. The summed E-state index contributed by atoms with van der Waals surface area (Å²) in [5, 5.41) is 3.40. The minimum atomic E-state index is -0.551. The van der Waals surface area contributed by atoms with E-state index in [1.165, 1.54) is 12.1 Å². The van der Waals surface area contributed by atoms with Gasteiger partial charge < -0.3 is 10.2 Å². The lowest BCUT2D eigenvalue weighted by Gasteiger charge is -2.17. The highest BCUT2D eigenvalue weighted by molar-refractivity contribution is 6.30. The average molecular weight is 271 g/mol. The van der Waals surface area contributed by atoms with Crippen molar-refractivity contribution in [3.05, 3.63) is 34.6 Å². The third kappa shape index (κ3) is 2.82. The molecule has 1 aromatic carbocycles. The van der Waals surface area contributed by atoms with Gasteiger partial charge in [-0.15, -0.1) is 0 Å². The largest absolute Gasteiger partial charge is 0.338 e. The SMILES string of the molecule is CNC[C@@H]1CCN(C(=O)c2ccc(Cl)cc2F)C1. The van der Waals surface area contributed by atoms with Gasteiger partial charge in [0.1, 0.15) is 5.82 Å². The van der Waals surface area contributed by atoms with E-state index in [-0.39, 0.29) is 11.5 Å². The Bertz CT molecular complexity index is 453. The molecule has 3 nitrogen and oxygen atoms in total. The highest BCUT2D eigenvalue weighted by atomic mass is 35.5. The first-order valence-electron chi connectivity index (χ1n) is 6.00. The Labute approximate surface area is 111 Å². The highest BCUT2D eigenvalue weighted by Crippen LogP contribution is 2.21. The Hall–Kier alpha value is -1.13. The molecule has 1 amide bonds. The Morgan fingerprint density at radius 1 is 1.61 bits per heavy atom. The van der Waals surface area contributed by atoms with Gasteiger partial charge in [0.05, 0.1) is 5.56 Å². The molecule has 0 saturated carbocycles. The van der Waals surface area contributed by atoms with E-state index in [1.54, 1.807) is 11.0 Å². The van der Waals surface area contributed by atoms with Crippen LogP contribution in [0.3, 0.4) is 0 Å². The lowest BCUT2D eigenvalue weighted by molar-refractivity contribution is 0.0782. The van der Waals surface area contributed by atoms with Crippen LogP contribution in [-0.4, -0.2) is 37.5 Å². The maximum Gasteiger partial charge on any atom is 0.256 e. The molecule has 2 rings (SSSR count). The zero-order valence-corrected chi connectivity index (χ0v) is 11.0. The molecule has 98 valence electrons. The van der Waals surface area contributed by atoms with E-state index in [2.05, 4.69) is 5.32 Å². The quantitative estimate of drug-likeness (QED) is 0.913. The van der Waals surface area contributed by atoms with Gasteiger partial charge in [0.2, 0.25) is 0 Å². The van der Waals surface area contributed by atoms with E-state index in [4.69, 9.17) is 11.6 Å². The number of nitrogens with zero attached hydrogens (tertiary/aromatic N) is 1. The van der Waals surface area contributed by atoms with Gasteiger partial charge in [-0.1, -0.05) is 11.6 Å². The van der Waals surface area contributed by atoms with E-state index in [9.17, 15) is 9.18 Å². The summed E-state index contributed by atoms with van der Waals surface area (Å²) in [5.41, 5.74) is 0.101. The Kier molecular flexibility index (Phi) is 4.19. The van der Waals surface area contributed by atoms with Crippen LogP contribution in [0, 0.1) is 11.7 Å². The minimum Gasteiger partial charge on any atom is -0.338 e. The van der Waals surface area contributed by atoms with Gasteiger partial charge in [0.15, 0.2) is 0 Å². The number of likely N-dealkylation sites (tertiary alicyclic amines) is 1. The maximum absolute atomic E-state index is 13.7. The van der Waals surface area contributed by atoms with Crippen LogP contribution in [0.25, 0.3) is 0 Å². The molecule has 1 heterocycles. The first-order chi connectivity index (χ1) is 8.61. The number of benzene rings is 1. The Morgan fingerprint density at radius 2 is 2.39 bits per heavy atom. The van der Waals surface area contributed by atoms with Crippen molar-refractivity contribution in [1.29, 1.82) is 0 Å². The van der Waals surface area contributed by atoms with Crippen LogP contribution in [0.1, 0.15) is 16.8 Å². The van der Waals surface area contributed by atoms with Gasteiger partial charge in [-0.05, 0) is 44.1 Å². The summed E-state index contributed by atoms with van der Waals surface area (Å²) in [5.74, 6) is -0.346. The summed E-state index contributed by atoms with van der Waals surface area (Å²) in [4.78, 5) is 13.9. The molecule has 5 heteroatoms. The second-order valence-corrected chi connectivity index (χ2v) is 5.02. The molecule has 0 radical (unpaired) electrons. The molecule has 0 aromatic heterocycles. The van der Waals surface area contributed by atoms with Crippen molar-refractivity contribution in [2.45, 2.75) is 6.42 Å². The molecule has 1 saturated heterocycles. The minimum absolute atomic E-state index is 0.101. The van der Waals surface area contributed by atoms with Crippen LogP contribution in [0.5, 0.6) is 0 Å². The summed E-state index contributed by atoms with van der Waals surface area (Å²) in [7, 11) is 1.89. The lowest BCUT2D eigenvalue weighted by Crippen LogP contribution is -2.30. The van der Waals surface area contributed by atoms with Crippen molar-refractivity contribution in [1.82, 2.24) is 10.2 Å². The van der Waals surface area contributed by atoms with E-state index >= 15 is 0 Å². The van der Waals surface area contributed by atoms with Crippen molar-refractivity contribution in [3.8, 4) is 0 Å². The third-order valence-corrected chi connectivity index (χ3v) is 3.46. The fourth-order valence-electron chi connectivity index (χ4n) is 2.31. The molecule has 1 N–H and O–H groups in total. The summed E-state index contributed by atoms with van der Waals surface area (Å²) in [6, 6.07) is 4.17. The number of carbonyl (C=O) groups excluding carboxylic acids is 1. The van der Waals surface area contributed by atoms with Gasteiger partial charge in [-0.2, -0.15) is 0 Å². The van der Waals surface area contributed by atoms with Crippen molar-refractivity contribution in [2.75, 3.05) is 26.7 Å². The molecule has 0 unspecified atom stereocenters. The average Bonchev–Trinajstić information content (AvgIpc) is 2.77. The number of amides is 1. The number of hydrogen-bond acceptors (Lipinski definition) is 2. The van der Waals surface area contributed by atoms with Crippen molar-refractivity contribution < 1.29 is 9.18 Å². The molecular weight excluding hydrogens is 255 g/mol. The van der Waals surface area contributed by atoms with Gasteiger partial charge in [0.25, 0.3) is 5.91 Å². The van der Waals surface area contributed by atoms with Crippen molar-refractivity contribution >= 4 is 17.5 Å². The van der Waals surface area contributed by atoms with Crippen LogP contribution < -0.4 is 5.32 Å². The number of nitrogens with one attached hydrogen (secondary N) is 1. The number of carbonyl (C=O) groups is 1. The molecule has 1 aliphatic rings. The lowest BCUT2D eigenvalue weighted by atomic mass is 10.1. The molecular formula is C13H16ClFN2O. The topological polar surface area (TPSA) is 32.3 Å². The van der Waals surface area contributed by atoms with E-state index < -0.39 is 5.82 Å². The molecule has 0 spiro atoms. The standard InChI is InChI=1S/C13H16ClFN2O/c1-16-7-9-4-5-17(8-9)13(18)11-3-2-10(14)6-12(11)15/h2-3,6,9,16H,4-5,7-8H2,1H3/t9-/m0/s1. The van der Waals surface area contributed by atoms with Crippen LogP contribution in [-0.2, 0) is 0 Å². The number of hydrogen-bond donors (Lipinski definition) is 1. The highest BCUT2D eigenvalue weighted by Gasteiger charge is 2.27. The molecule has 0 aliphatic carbocycles. The second kappa shape index (κ2) is 5.67. The molecule has 1 aliphatic heterocycles. The summed E-state index contributed by atoms with van der Waals surface area (Å²) >= 11 is 5.67.